The van der Waals surface area contributed by atoms with Gasteiger partial charge in [-0.25, -0.2) is 4.79 Å². The summed E-state index contributed by atoms with van der Waals surface area (Å²) in [6.45, 7) is 1.70. The lowest BCUT2D eigenvalue weighted by molar-refractivity contribution is -0.0310. The van der Waals surface area contributed by atoms with Gasteiger partial charge < -0.3 is 15.0 Å². The van der Waals surface area contributed by atoms with E-state index in [1.54, 1.807) is 6.07 Å². The van der Waals surface area contributed by atoms with Crippen LogP contribution in [0.4, 0.5) is 4.79 Å². The summed E-state index contributed by atoms with van der Waals surface area (Å²) < 4.78 is 5.91. The number of carbonyl (C=O) groups is 1. The highest BCUT2D eigenvalue weighted by molar-refractivity contribution is 6.34. The van der Waals surface area contributed by atoms with Crippen molar-refractivity contribution in [1.82, 2.24) is 10.2 Å². The Morgan fingerprint density at radius 1 is 1.04 bits per heavy atom. The number of rotatable bonds is 2. The molecule has 1 aliphatic heterocycles. The molecule has 4 bridgehead atoms. The molecule has 0 spiro atoms. The van der Waals surface area contributed by atoms with Gasteiger partial charge >= 0.3 is 6.03 Å². The minimum absolute atomic E-state index is 0.0407. The van der Waals surface area contributed by atoms with Gasteiger partial charge in [-0.05, 0) is 80.0 Å². The quantitative estimate of drug-likeness (QED) is 0.743. The van der Waals surface area contributed by atoms with Gasteiger partial charge in [-0.3, -0.25) is 0 Å². The second-order valence-electron chi connectivity index (χ2n) is 9.14. The maximum Gasteiger partial charge on any atom is 0.318 e. The van der Waals surface area contributed by atoms with Crippen molar-refractivity contribution in [3.63, 3.8) is 0 Å². The van der Waals surface area contributed by atoms with E-state index >= 15 is 0 Å². The van der Waals surface area contributed by atoms with Crippen LogP contribution in [0, 0.1) is 17.8 Å². The van der Waals surface area contributed by atoms with Crippen LogP contribution in [0.3, 0.4) is 0 Å². The third-order valence-electron chi connectivity index (χ3n) is 7.02. The molecule has 0 radical (unpaired) electrons. The van der Waals surface area contributed by atoms with Gasteiger partial charge in [0.1, 0.15) is 6.10 Å². The van der Waals surface area contributed by atoms with Crippen LogP contribution >= 0.6 is 23.2 Å². The van der Waals surface area contributed by atoms with E-state index < -0.39 is 0 Å². The van der Waals surface area contributed by atoms with Crippen molar-refractivity contribution < 1.29 is 9.53 Å². The lowest BCUT2D eigenvalue weighted by atomic mass is 9.53. The van der Waals surface area contributed by atoms with E-state index in [4.69, 9.17) is 27.9 Å². The van der Waals surface area contributed by atoms with E-state index in [1.807, 2.05) is 17.0 Å². The molecule has 1 aromatic rings. The Bertz CT molecular complexity index is 698. The fraction of sp³-hybridized carbons (Fsp3) is 0.667. The van der Waals surface area contributed by atoms with Crippen molar-refractivity contribution in [2.75, 3.05) is 19.7 Å². The average Bonchev–Trinajstić information content (AvgIpc) is 2.59. The highest BCUT2D eigenvalue weighted by Gasteiger charge is 2.52. The Kier molecular flexibility index (Phi) is 4.57. The Morgan fingerprint density at radius 3 is 2.22 bits per heavy atom. The number of urea groups is 1. The van der Waals surface area contributed by atoms with Crippen molar-refractivity contribution in [1.29, 1.82) is 0 Å². The molecule has 5 aliphatic rings. The molecule has 0 aromatic heterocycles. The topological polar surface area (TPSA) is 41.6 Å². The van der Waals surface area contributed by atoms with E-state index in [0.717, 1.165) is 23.3 Å². The molecule has 1 aromatic carbocycles. The van der Waals surface area contributed by atoms with Crippen molar-refractivity contribution in [2.24, 2.45) is 17.8 Å². The fourth-order valence-corrected chi connectivity index (χ4v) is 6.91. The van der Waals surface area contributed by atoms with Crippen molar-refractivity contribution in [3.05, 3.63) is 33.8 Å². The van der Waals surface area contributed by atoms with E-state index in [-0.39, 0.29) is 17.7 Å². The molecule has 4 saturated carbocycles. The molecule has 6 rings (SSSR count). The fourth-order valence-electron chi connectivity index (χ4n) is 6.37. The largest absolute Gasteiger partial charge is 0.370 e. The van der Waals surface area contributed by atoms with Crippen molar-refractivity contribution in [2.45, 2.75) is 50.2 Å². The predicted molar refractivity (Wildman–Crippen MR) is 106 cm³/mol. The number of hydrogen-bond acceptors (Lipinski definition) is 2. The molecule has 4 aliphatic carbocycles. The van der Waals surface area contributed by atoms with Crippen molar-refractivity contribution in [3.8, 4) is 0 Å². The molecule has 1 N–H and O–H groups in total. The van der Waals surface area contributed by atoms with E-state index in [1.165, 1.54) is 38.5 Å². The summed E-state index contributed by atoms with van der Waals surface area (Å²) in [5.41, 5.74) is 0.971. The molecule has 1 heterocycles. The summed E-state index contributed by atoms with van der Waals surface area (Å²) in [6, 6.07) is 5.53. The van der Waals surface area contributed by atoms with Crippen LogP contribution in [-0.4, -0.2) is 36.2 Å². The number of morpholine rings is 1. The molecular weight excluding hydrogens is 383 g/mol. The highest BCUT2D eigenvalue weighted by Crippen LogP contribution is 2.55. The van der Waals surface area contributed by atoms with Crippen LogP contribution < -0.4 is 5.32 Å². The minimum atomic E-state index is -0.183. The van der Waals surface area contributed by atoms with Crippen LogP contribution in [0.15, 0.2) is 18.2 Å². The zero-order valence-electron chi connectivity index (χ0n) is 15.4. The van der Waals surface area contributed by atoms with Crippen LogP contribution in [0.2, 0.25) is 10.0 Å². The van der Waals surface area contributed by atoms with Gasteiger partial charge in [0.05, 0.1) is 13.2 Å². The van der Waals surface area contributed by atoms with Crippen molar-refractivity contribution >= 4 is 29.2 Å². The zero-order chi connectivity index (χ0) is 18.6. The van der Waals surface area contributed by atoms with Crippen LogP contribution in [0.1, 0.15) is 50.2 Å². The lowest BCUT2D eigenvalue weighted by Crippen LogP contribution is -2.62. The normalized spacial score (nSPS) is 37.5. The van der Waals surface area contributed by atoms with Gasteiger partial charge in [0.2, 0.25) is 0 Å². The summed E-state index contributed by atoms with van der Waals surface area (Å²) in [4.78, 5) is 15.0. The summed E-state index contributed by atoms with van der Waals surface area (Å²) in [5, 5.41) is 4.66. The molecule has 6 heteroatoms. The molecule has 1 saturated heterocycles. The highest BCUT2D eigenvalue weighted by atomic mass is 35.5. The third kappa shape index (κ3) is 3.56. The maximum atomic E-state index is 13.1. The summed E-state index contributed by atoms with van der Waals surface area (Å²) in [5.74, 6) is 2.47. The van der Waals surface area contributed by atoms with Crippen LogP contribution in [0.25, 0.3) is 0 Å². The molecule has 27 heavy (non-hydrogen) atoms. The number of halogens is 2. The molecule has 5 fully saturated rings. The second kappa shape index (κ2) is 6.82. The molecule has 146 valence electrons. The molecule has 2 amide bonds. The van der Waals surface area contributed by atoms with Gasteiger partial charge in [0, 0.05) is 22.1 Å². The Morgan fingerprint density at radius 2 is 1.63 bits per heavy atom. The van der Waals surface area contributed by atoms with Gasteiger partial charge in [-0.1, -0.05) is 23.2 Å². The van der Waals surface area contributed by atoms with Gasteiger partial charge in [-0.2, -0.15) is 0 Å². The number of benzene rings is 1. The van der Waals surface area contributed by atoms with Gasteiger partial charge in [0.15, 0.2) is 0 Å². The van der Waals surface area contributed by atoms with E-state index in [9.17, 15) is 4.79 Å². The Labute approximate surface area is 170 Å². The summed E-state index contributed by atoms with van der Waals surface area (Å²) in [6.07, 6.45) is 7.46. The zero-order valence-corrected chi connectivity index (χ0v) is 16.9. The number of nitrogens with one attached hydrogen (secondary N) is 1. The van der Waals surface area contributed by atoms with Crippen LogP contribution in [0.5, 0.6) is 0 Å². The average molecular weight is 409 g/mol. The van der Waals surface area contributed by atoms with Gasteiger partial charge in [-0.15, -0.1) is 0 Å². The SMILES string of the molecule is O=C(NC12CC3CC(CC(C3)C1)C2)N1CCOC(c2cc(Cl)cc(Cl)c2)C1. The third-order valence-corrected chi connectivity index (χ3v) is 7.46. The van der Waals surface area contributed by atoms with E-state index in [2.05, 4.69) is 5.32 Å². The molecule has 1 atom stereocenters. The second-order valence-corrected chi connectivity index (χ2v) is 10.0. The first-order chi connectivity index (χ1) is 13.0. The first kappa shape index (κ1) is 18.1. The number of amides is 2. The number of carbonyl (C=O) groups excluding carboxylic acids is 1. The predicted octanol–water partition coefficient (Wildman–Crippen LogP) is 5.05. The monoisotopic (exact) mass is 408 g/mol. The standard InChI is InChI=1S/C21H26Cl2N2O2/c22-17-6-16(7-18(23)8-17)19-12-25(1-2-27-19)20(26)24-21-9-13-3-14(10-21)5-15(4-13)11-21/h6-8,13-15,19H,1-5,9-12H2,(H,24,26). The summed E-state index contributed by atoms with van der Waals surface area (Å²) in [7, 11) is 0. The Hall–Kier alpha value is -0.970. The Balaban J connectivity index is 1.28. The smallest absolute Gasteiger partial charge is 0.318 e. The number of hydrogen-bond donors (Lipinski definition) is 1. The summed E-state index contributed by atoms with van der Waals surface area (Å²) >= 11 is 12.3. The minimum Gasteiger partial charge on any atom is -0.370 e. The number of ether oxygens (including phenoxy) is 1. The molecular formula is C21H26Cl2N2O2. The van der Waals surface area contributed by atoms with E-state index in [0.29, 0.717) is 29.7 Å². The number of nitrogens with zero attached hydrogens (tertiary/aromatic N) is 1. The first-order valence-corrected chi connectivity index (χ1v) is 10.9. The lowest BCUT2D eigenvalue weighted by Gasteiger charge is -2.57. The molecule has 1 unspecified atom stereocenters. The maximum absolute atomic E-state index is 13.1. The molecule has 4 nitrogen and oxygen atoms in total. The van der Waals surface area contributed by atoms with Gasteiger partial charge in [0.25, 0.3) is 0 Å². The van der Waals surface area contributed by atoms with Crippen LogP contribution in [-0.2, 0) is 4.74 Å². The first-order valence-electron chi connectivity index (χ1n) is 10.1.